The third kappa shape index (κ3) is 5.53. The summed E-state index contributed by atoms with van der Waals surface area (Å²) in [5, 5.41) is 14.1. The van der Waals surface area contributed by atoms with Gasteiger partial charge in [0.2, 0.25) is 0 Å². The molecule has 1 fully saturated rings. The number of nitrogens with one attached hydrogen (secondary N) is 2. The highest BCUT2D eigenvalue weighted by atomic mass is 79.9. The van der Waals surface area contributed by atoms with Crippen LogP contribution in [0.3, 0.4) is 0 Å². The van der Waals surface area contributed by atoms with Crippen LogP contribution in [0.15, 0.2) is 17.9 Å². The molecule has 1 saturated carbocycles. The molecule has 0 unspecified atom stereocenters. The van der Waals surface area contributed by atoms with Crippen LogP contribution in [0.4, 0.5) is 13.2 Å². The average molecular weight is 674 g/mol. The highest BCUT2D eigenvalue weighted by Crippen LogP contribution is 2.42. The van der Waals surface area contributed by atoms with Crippen molar-refractivity contribution in [1.29, 1.82) is 0 Å². The van der Waals surface area contributed by atoms with Gasteiger partial charge in [-0.15, -0.1) is 0 Å². The average Bonchev–Trinajstić information content (AvgIpc) is 2.63. The van der Waals surface area contributed by atoms with Gasteiger partial charge in [0.25, 0.3) is 5.91 Å². The minimum Gasteiger partial charge on any atom is -0.478 e. The lowest BCUT2D eigenvalue weighted by molar-refractivity contribution is -0.174. The summed E-state index contributed by atoms with van der Waals surface area (Å²) < 4.78 is 38.8. The molecular weight excluding hydrogens is 661 g/mol. The Hall–Kier alpha value is -0.660. The normalized spacial score (nSPS) is 19.6. The van der Waals surface area contributed by atoms with Gasteiger partial charge in [-0.25, -0.2) is 4.79 Å². The molecule has 1 aliphatic rings. The number of rotatable bonds is 4. The van der Waals surface area contributed by atoms with Crippen molar-refractivity contribution in [3.63, 3.8) is 0 Å². The third-order valence-electron chi connectivity index (χ3n) is 4.36. The number of hydrogen-bond donors (Lipinski definition) is 3. The van der Waals surface area contributed by atoms with Crippen molar-refractivity contribution in [1.82, 2.24) is 10.6 Å². The van der Waals surface area contributed by atoms with E-state index in [1.807, 2.05) is 5.32 Å². The Bertz CT molecular complexity index is 864. The molecule has 2 rings (SSSR count). The monoisotopic (exact) mass is 670 g/mol. The number of halogens is 7. The standard InChI is InChI=1S/C16H13Br4F3N2O4/c17-9-7(8(14(27)28)10(18)12(20)11(9)19)13(26)24-5-3-1-2-4-6(5)25-15(29)16(21,22)23/h5-6H,1-4H2,(H,24,26)(H,25,29)(H,27,28)/t5-,6-/m1/s1. The predicted octanol–water partition coefficient (Wildman–Crippen LogP) is 5.15. The zero-order valence-corrected chi connectivity index (χ0v) is 20.6. The van der Waals surface area contributed by atoms with Crippen LogP contribution in [0.25, 0.3) is 0 Å². The Balaban J connectivity index is 2.35. The van der Waals surface area contributed by atoms with Crippen LogP contribution in [-0.4, -0.2) is 41.2 Å². The van der Waals surface area contributed by atoms with Crippen LogP contribution < -0.4 is 10.6 Å². The first-order valence-corrected chi connectivity index (χ1v) is 11.3. The zero-order valence-electron chi connectivity index (χ0n) is 14.3. The Morgan fingerprint density at radius 1 is 0.828 bits per heavy atom. The highest BCUT2D eigenvalue weighted by molar-refractivity contribution is 9.15. The van der Waals surface area contributed by atoms with Gasteiger partial charge in [0.1, 0.15) is 0 Å². The van der Waals surface area contributed by atoms with E-state index < -0.39 is 36.0 Å². The van der Waals surface area contributed by atoms with Crippen LogP contribution >= 0.6 is 63.7 Å². The quantitative estimate of drug-likeness (QED) is 0.304. The number of carboxylic acids is 1. The van der Waals surface area contributed by atoms with Crippen molar-refractivity contribution < 1.29 is 32.7 Å². The van der Waals surface area contributed by atoms with Crippen molar-refractivity contribution in [2.45, 2.75) is 43.9 Å². The summed E-state index contributed by atoms with van der Waals surface area (Å²) in [6, 6.07) is -1.70. The number of alkyl halides is 3. The van der Waals surface area contributed by atoms with Gasteiger partial charge >= 0.3 is 18.1 Å². The number of carbonyl (C=O) groups is 3. The van der Waals surface area contributed by atoms with Crippen LogP contribution in [0.1, 0.15) is 46.4 Å². The summed E-state index contributed by atoms with van der Waals surface area (Å²) in [7, 11) is 0. The third-order valence-corrected chi connectivity index (χ3v) is 9.13. The molecular formula is C16H13Br4F3N2O4. The second-order valence-corrected chi connectivity index (χ2v) is 9.43. The lowest BCUT2D eigenvalue weighted by atomic mass is 9.89. The van der Waals surface area contributed by atoms with Crippen molar-refractivity contribution >= 4 is 81.5 Å². The number of carboxylic acid groups (broad SMARTS) is 1. The SMILES string of the molecule is O=C(O)c1c(Br)c(Br)c(Br)c(Br)c1C(=O)N[C@@H]1CCCC[C@H]1NC(=O)C(F)(F)F. The summed E-state index contributed by atoms with van der Waals surface area (Å²) >= 11 is 12.8. The second-order valence-electron chi connectivity index (χ2n) is 6.25. The maximum atomic E-state index is 12.9. The molecule has 2 amide bonds. The molecule has 1 aliphatic carbocycles. The van der Waals surface area contributed by atoms with Gasteiger partial charge in [-0.05, 0) is 76.6 Å². The van der Waals surface area contributed by atoms with Gasteiger partial charge < -0.3 is 15.7 Å². The summed E-state index contributed by atoms with van der Waals surface area (Å²) in [4.78, 5) is 35.9. The van der Waals surface area contributed by atoms with Crippen molar-refractivity contribution in [2.75, 3.05) is 0 Å². The highest BCUT2D eigenvalue weighted by Gasteiger charge is 2.41. The number of benzene rings is 1. The number of aromatic carboxylic acids is 1. The van der Waals surface area contributed by atoms with E-state index in [0.717, 1.165) is 0 Å². The molecule has 160 valence electrons. The lowest BCUT2D eigenvalue weighted by Crippen LogP contribution is -2.55. The summed E-state index contributed by atoms with van der Waals surface area (Å²) in [6.07, 6.45) is -3.20. The van der Waals surface area contributed by atoms with E-state index in [1.165, 1.54) is 0 Å². The van der Waals surface area contributed by atoms with Crippen LogP contribution in [0.5, 0.6) is 0 Å². The van der Waals surface area contributed by atoms with Gasteiger partial charge in [-0.3, -0.25) is 9.59 Å². The molecule has 0 bridgehead atoms. The first-order chi connectivity index (χ1) is 13.4. The number of hydrogen-bond acceptors (Lipinski definition) is 3. The summed E-state index contributed by atoms with van der Waals surface area (Å²) in [6.45, 7) is 0. The Morgan fingerprint density at radius 3 is 1.72 bits per heavy atom. The first kappa shape index (κ1) is 24.6. The first-order valence-electron chi connectivity index (χ1n) is 8.14. The predicted molar refractivity (Wildman–Crippen MR) is 112 cm³/mol. The molecule has 1 aromatic rings. The molecule has 0 saturated heterocycles. The van der Waals surface area contributed by atoms with Crippen LogP contribution in [0, 0.1) is 0 Å². The fraction of sp³-hybridized carbons (Fsp3) is 0.438. The van der Waals surface area contributed by atoms with Crippen molar-refractivity contribution in [3.8, 4) is 0 Å². The maximum absolute atomic E-state index is 12.9. The number of amides is 2. The van der Waals surface area contributed by atoms with E-state index in [9.17, 15) is 32.7 Å². The summed E-state index contributed by atoms with van der Waals surface area (Å²) in [5.41, 5.74) is -0.526. The molecule has 0 aliphatic heterocycles. The number of carbonyl (C=O) groups excluding carboxylic acids is 2. The molecule has 0 radical (unpaired) electrons. The zero-order chi connectivity index (χ0) is 22.1. The van der Waals surface area contributed by atoms with Crippen LogP contribution in [-0.2, 0) is 4.79 Å². The van der Waals surface area contributed by atoms with E-state index in [0.29, 0.717) is 28.2 Å². The van der Waals surface area contributed by atoms with Crippen LogP contribution in [0.2, 0.25) is 0 Å². The topological polar surface area (TPSA) is 95.5 Å². The van der Waals surface area contributed by atoms with Crippen molar-refractivity contribution in [3.05, 3.63) is 29.0 Å². The van der Waals surface area contributed by atoms with E-state index >= 15 is 0 Å². The smallest absolute Gasteiger partial charge is 0.471 e. The van der Waals surface area contributed by atoms with Gasteiger partial charge in [0, 0.05) is 30.0 Å². The lowest BCUT2D eigenvalue weighted by Gasteiger charge is -2.33. The fourth-order valence-electron chi connectivity index (χ4n) is 3.01. The van der Waals surface area contributed by atoms with Gasteiger partial charge in [-0.2, -0.15) is 13.2 Å². The van der Waals surface area contributed by atoms with Gasteiger partial charge in [-0.1, -0.05) is 12.8 Å². The molecule has 1 aromatic carbocycles. The van der Waals surface area contributed by atoms with Crippen molar-refractivity contribution in [2.24, 2.45) is 0 Å². The Kier molecular flexibility index (Phi) is 8.19. The fourth-order valence-corrected chi connectivity index (χ4v) is 5.48. The molecule has 29 heavy (non-hydrogen) atoms. The largest absolute Gasteiger partial charge is 0.478 e. The second kappa shape index (κ2) is 9.65. The van der Waals surface area contributed by atoms with Gasteiger partial charge in [0.05, 0.1) is 11.1 Å². The molecule has 2 atom stereocenters. The molecule has 13 heteroatoms. The molecule has 0 heterocycles. The maximum Gasteiger partial charge on any atom is 0.471 e. The molecule has 3 N–H and O–H groups in total. The Morgan fingerprint density at radius 2 is 1.28 bits per heavy atom. The Labute approximate surface area is 196 Å². The van der Waals surface area contributed by atoms with E-state index in [4.69, 9.17) is 0 Å². The van der Waals surface area contributed by atoms with E-state index in [1.54, 1.807) is 0 Å². The molecule has 6 nitrogen and oxygen atoms in total. The van der Waals surface area contributed by atoms with E-state index in [-0.39, 0.29) is 26.5 Å². The minimum absolute atomic E-state index is 0.121. The molecule has 0 spiro atoms. The van der Waals surface area contributed by atoms with Gasteiger partial charge in [0.15, 0.2) is 0 Å². The molecule has 0 aromatic heterocycles. The minimum atomic E-state index is -5.03. The van der Waals surface area contributed by atoms with E-state index in [2.05, 4.69) is 69.0 Å². The summed E-state index contributed by atoms with van der Waals surface area (Å²) in [5.74, 6) is -4.24.